The number of rotatable bonds is 6. The van der Waals surface area contributed by atoms with Gasteiger partial charge in [0.2, 0.25) is 0 Å². The summed E-state index contributed by atoms with van der Waals surface area (Å²) in [4.78, 5) is 0. The lowest BCUT2D eigenvalue weighted by atomic mass is 10.3. The summed E-state index contributed by atoms with van der Waals surface area (Å²) in [6.45, 7) is 3.82. The number of unbranched alkanes of at least 4 members (excludes halogenated alkanes) is 1. The molecule has 0 aromatic rings. The molecule has 0 unspecified atom stereocenters. The first-order valence-electron chi connectivity index (χ1n) is 4.01. The number of hydrogen-bond acceptors (Lipinski definition) is 2. The Morgan fingerprint density at radius 3 is 2.82 bits per heavy atom. The topological polar surface area (TPSA) is 12.0 Å². The van der Waals surface area contributed by atoms with E-state index in [4.69, 9.17) is 0 Å². The van der Waals surface area contributed by atoms with E-state index in [0.29, 0.717) is 0 Å². The lowest BCUT2D eigenvalue weighted by Crippen LogP contribution is -2.15. The van der Waals surface area contributed by atoms with Crippen molar-refractivity contribution in [1.82, 2.24) is 5.32 Å². The van der Waals surface area contributed by atoms with Crippen molar-refractivity contribution in [2.24, 2.45) is 0 Å². The first kappa shape index (κ1) is 10.9. The second-order valence-corrected chi connectivity index (χ2v) is 3.29. The molecule has 0 aliphatic heterocycles. The summed E-state index contributed by atoms with van der Waals surface area (Å²) < 4.78 is 0. The van der Waals surface area contributed by atoms with Crippen molar-refractivity contribution >= 4 is 11.8 Å². The SMILES string of the molecule is CC#CCNCCCCSC. The van der Waals surface area contributed by atoms with Gasteiger partial charge in [-0.2, -0.15) is 11.8 Å². The molecule has 0 aliphatic rings. The van der Waals surface area contributed by atoms with Gasteiger partial charge in [-0.3, -0.25) is 0 Å². The van der Waals surface area contributed by atoms with Gasteiger partial charge in [0.05, 0.1) is 6.54 Å². The molecular formula is C9H17NS. The first-order valence-corrected chi connectivity index (χ1v) is 5.40. The normalized spacial score (nSPS) is 8.91. The van der Waals surface area contributed by atoms with Gasteiger partial charge in [0.15, 0.2) is 0 Å². The maximum absolute atomic E-state index is 3.26. The van der Waals surface area contributed by atoms with Crippen LogP contribution in [0.1, 0.15) is 19.8 Å². The smallest absolute Gasteiger partial charge is 0.0576 e. The highest BCUT2D eigenvalue weighted by atomic mass is 32.2. The second-order valence-electron chi connectivity index (χ2n) is 2.30. The molecule has 1 N–H and O–H groups in total. The predicted octanol–water partition coefficient (Wildman–Crippen LogP) is 1.74. The highest BCUT2D eigenvalue weighted by Crippen LogP contribution is 1.97. The molecule has 0 saturated carbocycles. The van der Waals surface area contributed by atoms with Crippen LogP contribution in [-0.4, -0.2) is 25.1 Å². The zero-order valence-corrected chi connectivity index (χ0v) is 8.26. The Hall–Kier alpha value is -0.130. The lowest BCUT2D eigenvalue weighted by Gasteiger charge is -1.98. The van der Waals surface area contributed by atoms with Crippen LogP contribution in [0.3, 0.4) is 0 Å². The molecule has 0 aliphatic carbocycles. The summed E-state index contributed by atoms with van der Waals surface area (Å²) in [5.41, 5.74) is 0. The van der Waals surface area contributed by atoms with Crippen molar-refractivity contribution in [3.05, 3.63) is 0 Å². The van der Waals surface area contributed by atoms with Crippen molar-refractivity contribution in [3.63, 3.8) is 0 Å². The average molecular weight is 171 g/mol. The van der Waals surface area contributed by atoms with Gasteiger partial charge in [-0.1, -0.05) is 5.92 Å². The molecule has 0 saturated heterocycles. The van der Waals surface area contributed by atoms with Gasteiger partial charge in [-0.25, -0.2) is 0 Å². The van der Waals surface area contributed by atoms with Gasteiger partial charge in [0.25, 0.3) is 0 Å². The third kappa shape index (κ3) is 9.87. The number of thioether (sulfide) groups is 1. The second kappa shape index (κ2) is 9.87. The zero-order chi connectivity index (χ0) is 8.36. The molecule has 64 valence electrons. The Morgan fingerprint density at radius 2 is 2.18 bits per heavy atom. The van der Waals surface area contributed by atoms with Gasteiger partial charge >= 0.3 is 0 Å². The summed E-state index contributed by atoms with van der Waals surface area (Å²) in [6.07, 6.45) is 4.73. The molecule has 0 spiro atoms. The largest absolute Gasteiger partial charge is 0.306 e. The molecule has 1 nitrogen and oxygen atoms in total. The molecule has 0 radical (unpaired) electrons. The first-order chi connectivity index (χ1) is 5.41. The van der Waals surface area contributed by atoms with E-state index in [1.165, 1.54) is 18.6 Å². The molecule has 0 rings (SSSR count). The molecule has 0 atom stereocenters. The van der Waals surface area contributed by atoms with Crippen molar-refractivity contribution < 1.29 is 0 Å². The van der Waals surface area contributed by atoms with Crippen LogP contribution in [0.25, 0.3) is 0 Å². The van der Waals surface area contributed by atoms with Crippen LogP contribution in [0.2, 0.25) is 0 Å². The Balaban J connectivity index is 2.83. The molecule has 0 aromatic carbocycles. The van der Waals surface area contributed by atoms with Crippen LogP contribution in [0.15, 0.2) is 0 Å². The van der Waals surface area contributed by atoms with Crippen molar-refractivity contribution in [2.75, 3.05) is 25.1 Å². The van der Waals surface area contributed by atoms with E-state index in [-0.39, 0.29) is 0 Å². The minimum absolute atomic E-state index is 0.843. The van der Waals surface area contributed by atoms with E-state index in [0.717, 1.165) is 13.1 Å². The molecule has 0 aromatic heterocycles. The maximum Gasteiger partial charge on any atom is 0.0576 e. The van der Waals surface area contributed by atoms with Crippen LogP contribution in [0, 0.1) is 11.8 Å². The molecule has 0 fully saturated rings. The van der Waals surface area contributed by atoms with Gasteiger partial charge in [0, 0.05) is 0 Å². The van der Waals surface area contributed by atoms with Crippen LogP contribution in [-0.2, 0) is 0 Å². The standard InChI is InChI=1S/C9H17NS/c1-3-4-7-10-8-5-6-9-11-2/h10H,5-9H2,1-2H3. The zero-order valence-electron chi connectivity index (χ0n) is 7.44. The van der Waals surface area contributed by atoms with Gasteiger partial charge in [-0.05, 0) is 38.3 Å². The highest BCUT2D eigenvalue weighted by molar-refractivity contribution is 7.98. The summed E-state index contributed by atoms with van der Waals surface area (Å²) in [6, 6.07) is 0. The Morgan fingerprint density at radius 1 is 1.36 bits per heavy atom. The van der Waals surface area contributed by atoms with Gasteiger partial charge in [-0.15, -0.1) is 5.92 Å². The Kier molecular flexibility index (Phi) is 9.75. The Labute approximate surface area is 74.3 Å². The van der Waals surface area contributed by atoms with Gasteiger partial charge < -0.3 is 5.32 Å². The summed E-state index contributed by atoms with van der Waals surface area (Å²) in [5, 5.41) is 3.26. The third-order valence-electron chi connectivity index (χ3n) is 1.34. The predicted molar refractivity (Wildman–Crippen MR) is 53.9 cm³/mol. The number of nitrogens with one attached hydrogen (secondary N) is 1. The van der Waals surface area contributed by atoms with E-state index in [1.54, 1.807) is 0 Å². The fourth-order valence-corrected chi connectivity index (χ4v) is 1.23. The molecule has 11 heavy (non-hydrogen) atoms. The molecule has 2 heteroatoms. The van der Waals surface area contributed by atoms with Crippen LogP contribution in [0.4, 0.5) is 0 Å². The molecule has 0 heterocycles. The number of hydrogen-bond donors (Lipinski definition) is 1. The third-order valence-corrected chi connectivity index (χ3v) is 2.04. The van der Waals surface area contributed by atoms with E-state index in [2.05, 4.69) is 23.4 Å². The molecule has 0 bridgehead atoms. The summed E-state index contributed by atoms with van der Waals surface area (Å²) >= 11 is 1.91. The van der Waals surface area contributed by atoms with E-state index in [9.17, 15) is 0 Å². The summed E-state index contributed by atoms with van der Waals surface area (Å²) in [7, 11) is 0. The Bertz CT molecular complexity index is 123. The monoisotopic (exact) mass is 171 g/mol. The van der Waals surface area contributed by atoms with E-state index < -0.39 is 0 Å². The van der Waals surface area contributed by atoms with Crippen molar-refractivity contribution in [2.45, 2.75) is 19.8 Å². The minimum atomic E-state index is 0.843. The lowest BCUT2D eigenvalue weighted by molar-refractivity contribution is 0.690. The highest BCUT2D eigenvalue weighted by Gasteiger charge is 1.85. The van der Waals surface area contributed by atoms with E-state index >= 15 is 0 Å². The quantitative estimate of drug-likeness (QED) is 0.482. The van der Waals surface area contributed by atoms with Crippen LogP contribution >= 0.6 is 11.8 Å². The van der Waals surface area contributed by atoms with Crippen molar-refractivity contribution in [1.29, 1.82) is 0 Å². The van der Waals surface area contributed by atoms with Crippen LogP contribution in [0.5, 0.6) is 0 Å². The van der Waals surface area contributed by atoms with Gasteiger partial charge in [0.1, 0.15) is 0 Å². The summed E-state index contributed by atoms with van der Waals surface area (Å²) in [5.74, 6) is 7.10. The fraction of sp³-hybridized carbons (Fsp3) is 0.778. The maximum atomic E-state index is 3.26. The molecular weight excluding hydrogens is 154 g/mol. The van der Waals surface area contributed by atoms with Crippen LogP contribution < -0.4 is 5.32 Å². The average Bonchev–Trinajstić information content (AvgIpc) is 2.03. The minimum Gasteiger partial charge on any atom is -0.306 e. The fourth-order valence-electron chi connectivity index (χ4n) is 0.736. The van der Waals surface area contributed by atoms with E-state index in [1.807, 2.05) is 18.7 Å². The molecule has 0 amide bonds. The van der Waals surface area contributed by atoms with Crippen molar-refractivity contribution in [3.8, 4) is 11.8 Å².